The zero-order valence-corrected chi connectivity index (χ0v) is 10.3. The van der Waals surface area contributed by atoms with Crippen molar-refractivity contribution in [2.24, 2.45) is 5.92 Å². The first-order valence-electron chi connectivity index (χ1n) is 6.21. The molecule has 17 heavy (non-hydrogen) atoms. The van der Waals surface area contributed by atoms with Gasteiger partial charge < -0.3 is 15.5 Å². The molecule has 0 heterocycles. The molecular weight excluding hydrogens is 218 g/mol. The third kappa shape index (κ3) is 4.37. The second-order valence-corrected chi connectivity index (χ2v) is 4.53. The van der Waals surface area contributed by atoms with Gasteiger partial charge in [0.25, 0.3) is 5.91 Å². The molecule has 1 saturated carbocycles. The van der Waals surface area contributed by atoms with Gasteiger partial charge >= 0.3 is 0 Å². The van der Waals surface area contributed by atoms with Gasteiger partial charge in [0.15, 0.2) is 0 Å². The summed E-state index contributed by atoms with van der Waals surface area (Å²) < 4.78 is 0. The van der Waals surface area contributed by atoms with Gasteiger partial charge in [0.2, 0.25) is 0 Å². The van der Waals surface area contributed by atoms with Gasteiger partial charge in [-0.3, -0.25) is 4.79 Å². The van der Waals surface area contributed by atoms with Crippen molar-refractivity contribution in [1.29, 1.82) is 0 Å². The zero-order chi connectivity index (χ0) is 12.7. The molecule has 0 saturated heterocycles. The van der Waals surface area contributed by atoms with Crippen LogP contribution in [0.1, 0.15) is 39.0 Å². The van der Waals surface area contributed by atoms with Gasteiger partial charge in [0.1, 0.15) is 0 Å². The Labute approximate surface area is 102 Å². The van der Waals surface area contributed by atoms with Crippen molar-refractivity contribution in [2.45, 2.75) is 51.2 Å². The molecule has 1 aliphatic carbocycles. The predicted molar refractivity (Wildman–Crippen MR) is 65.0 cm³/mol. The van der Waals surface area contributed by atoms with Gasteiger partial charge in [-0.05, 0) is 31.6 Å². The molecule has 4 nitrogen and oxygen atoms in total. The SMILES string of the molecule is CC#CC(=O)NC(CO)C(O)C1CCCCC1. The maximum atomic E-state index is 11.3. The molecule has 2 unspecified atom stereocenters. The van der Waals surface area contributed by atoms with Crippen LogP contribution < -0.4 is 5.32 Å². The van der Waals surface area contributed by atoms with E-state index in [4.69, 9.17) is 0 Å². The molecule has 4 heteroatoms. The number of carbonyl (C=O) groups excluding carboxylic acids is 1. The van der Waals surface area contributed by atoms with Gasteiger partial charge in [0, 0.05) is 0 Å². The van der Waals surface area contributed by atoms with Crippen LogP contribution in [0.5, 0.6) is 0 Å². The molecule has 1 amide bonds. The summed E-state index contributed by atoms with van der Waals surface area (Å²) in [6.07, 6.45) is 4.69. The van der Waals surface area contributed by atoms with E-state index in [1.54, 1.807) is 6.92 Å². The summed E-state index contributed by atoms with van der Waals surface area (Å²) in [7, 11) is 0. The summed E-state index contributed by atoms with van der Waals surface area (Å²) in [4.78, 5) is 11.3. The number of hydrogen-bond donors (Lipinski definition) is 3. The van der Waals surface area contributed by atoms with E-state index in [9.17, 15) is 15.0 Å². The van der Waals surface area contributed by atoms with Crippen LogP contribution in [-0.2, 0) is 4.79 Å². The minimum Gasteiger partial charge on any atom is -0.394 e. The lowest BCUT2D eigenvalue weighted by Gasteiger charge is -2.31. The molecule has 1 rings (SSSR count). The van der Waals surface area contributed by atoms with E-state index < -0.39 is 18.1 Å². The molecule has 96 valence electrons. The molecule has 0 aromatic carbocycles. The van der Waals surface area contributed by atoms with Crippen molar-refractivity contribution in [2.75, 3.05) is 6.61 Å². The van der Waals surface area contributed by atoms with E-state index in [1.165, 1.54) is 6.42 Å². The number of aliphatic hydroxyl groups excluding tert-OH is 2. The summed E-state index contributed by atoms with van der Waals surface area (Å²) in [5.74, 6) is 4.57. The first-order valence-corrected chi connectivity index (χ1v) is 6.21. The summed E-state index contributed by atoms with van der Waals surface area (Å²) in [6, 6.07) is -0.605. The van der Waals surface area contributed by atoms with Crippen LogP contribution in [0.2, 0.25) is 0 Å². The summed E-state index contributed by atoms with van der Waals surface area (Å²) in [5.41, 5.74) is 0. The summed E-state index contributed by atoms with van der Waals surface area (Å²) in [6.45, 7) is 1.32. The smallest absolute Gasteiger partial charge is 0.296 e. The first kappa shape index (κ1) is 14.0. The van der Waals surface area contributed by atoms with Crippen LogP contribution in [0.15, 0.2) is 0 Å². The number of carbonyl (C=O) groups is 1. The van der Waals surface area contributed by atoms with E-state index in [-0.39, 0.29) is 12.5 Å². The second-order valence-electron chi connectivity index (χ2n) is 4.53. The van der Waals surface area contributed by atoms with Crippen LogP contribution >= 0.6 is 0 Å². The lowest BCUT2D eigenvalue weighted by molar-refractivity contribution is -0.118. The highest BCUT2D eigenvalue weighted by atomic mass is 16.3. The zero-order valence-electron chi connectivity index (χ0n) is 10.3. The Hall–Kier alpha value is -1.05. The number of amides is 1. The number of rotatable bonds is 4. The molecule has 0 spiro atoms. The molecule has 0 aliphatic heterocycles. The highest BCUT2D eigenvalue weighted by Gasteiger charge is 2.29. The van der Waals surface area contributed by atoms with Crippen molar-refractivity contribution in [3.05, 3.63) is 0 Å². The van der Waals surface area contributed by atoms with E-state index in [0.717, 1.165) is 25.7 Å². The van der Waals surface area contributed by atoms with Crippen LogP contribution in [-0.4, -0.2) is 34.9 Å². The van der Waals surface area contributed by atoms with Crippen LogP contribution in [0.4, 0.5) is 0 Å². The van der Waals surface area contributed by atoms with Crippen molar-refractivity contribution in [3.8, 4) is 11.8 Å². The lowest BCUT2D eigenvalue weighted by Crippen LogP contribution is -2.48. The highest BCUT2D eigenvalue weighted by Crippen LogP contribution is 2.27. The Balaban J connectivity index is 2.52. The van der Waals surface area contributed by atoms with Crippen LogP contribution in [0, 0.1) is 17.8 Å². The van der Waals surface area contributed by atoms with Crippen molar-refractivity contribution in [1.82, 2.24) is 5.32 Å². The molecule has 2 atom stereocenters. The average molecular weight is 239 g/mol. The molecule has 1 fully saturated rings. The third-order valence-electron chi connectivity index (χ3n) is 3.30. The molecule has 1 aliphatic rings. The summed E-state index contributed by atoms with van der Waals surface area (Å²) >= 11 is 0. The highest BCUT2D eigenvalue weighted by molar-refractivity contribution is 5.93. The molecule has 0 aromatic rings. The van der Waals surface area contributed by atoms with Gasteiger partial charge in [-0.2, -0.15) is 0 Å². The summed E-state index contributed by atoms with van der Waals surface area (Å²) in [5, 5.41) is 21.9. The molecule has 3 N–H and O–H groups in total. The fourth-order valence-electron chi connectivity index (χ4n) is 2.36. The predicted octanol–water partition coefficient (Wildman–Crippen LogP) is 0.428. The first-order chi connectivity index (χ1) is 8.19. The lowest BCUT2D eigenvalue weighted by atomic mass is 9.83. The Bertz CT molecular complexity index is 300. The van der Waals surface area contributed by atoms with Gasteiger partial charge in [-0.25, -0.2) is 0 Å². The number of hydrogen-bond acceptors (Lipinski definition) is 3. The number of aliphatic hydroxyl groups is 2. The van der Waals surface area contributed by atoms with Gasteiger partial charge in [-0.15, -0.1) is 0 Å². The Morgan fingerprint density at radius 2 is 2.06 bits per heavy atom. The van der Waals surface area contributed by atoms with E-state index in [1.807, 2.05) is 0 Å². The van der Waals surface area contributed by atoms with Crippen LogP contribution in [0.25, 0.3) is 0 Å². The number of nitrogens with one attached hydrogen (secondary N) is 1. The standard InChI is InChI=1S/C13H21NO3/c1-2-6-12(16)14-11(9-15)13(17)10-7-4-3-5-8-10/h10-11,13,15,17H,3-5,7-9H2,1H3,(H,14,16). The largest absolute Gasteiger partial charge is 0.394 e. The Kier molecular flexibility index (Phi) is 6.03. The fourth-order valence-corrected chi connectivity index (χ4v) is 2.36. The van der Waals surface area contributed by atoms with E-state index >= 15 is 0 Å². The second kappa shape index (κ2) is 7.31. The molecule has 0 aromatic heterocycles. The Morgan fingerprint density at radius 3 is 2.59 bits per heavy atom. The molecule has 0 radical (unpaired) electrons. The molecular formula is C13H21NO3. The van der Waals surface area contributed by atoms with Crippen molar-refractivity contribution < 1.29 is 15.0 Å². The maximum absolute atomic E-state index is 11.3. The fraction of sp³-hybridized carbons (Fsp3) is 0.769. The van der Waals surface area contributed by atoms with Crippen molar-refractivity contribution >= 4 is 5.91 Å². The molecule has 0 bridgehead atoms. The minimum atomic E-state index is -0.678. The van der Waals surface area contributed by atoms with Gasteiger partial charge in [-0.1, -0.05) is 25.2 Å². The maximum Gasteiger partial charge on any atom is 0.296 e. The minimum absolute atomic E-state index is 0.177. The quantitative estimate of drug-likeness (QED) is 0.623. The topological polar surface area (TPSA) is 69.6 Å². The third-order valence-corrected chi connectivity index (χ3v) is 3.30. The van der Waals surface area contributed by atoms with Gasteiger partial charge in [0.05, 0.1) is 18.8 Å². The Morgan fingerprint density at radius 1 is 1.41 bits per heavy atom. The average Bonchev–Trinajstić information content (AvgIpc) is 2.36. The van der Waals surface area contributed by atoms with E-state index in [0.29, 0.717) is 0 Å². The monoisotopic (exact) mass is 239 g/mol. The van der Waals surface area contributed by atoms with Crippen LogP contribution in [0.3, 0.4) is 0 Å². The van der Waals surface area contributed by atoms with Crippen molar-refractivity contribution in [3.63, 3.8) is 0 Å². The van der Waals surface area contributed by atoms with E-state index in [2.05, 4.69) is 17.2 Å². The normalized spacial score (nSPS) is 19.9.